The summed E-state index contributed by atoms with van der Waals surface area (Å²) < 4.78 is 23.1. The molecule has 7 heteroatoms. The zero-order chi connectivity index (χ0) is 15.7. The fourth-order valence-electron chi connectivity index (χ4n) is 1.89. The van der Waals surface area contributed by atoms with Crippen LogP contribution in [0.1, 0.15) is 31.1 Å². The summed E-state index contributed by atoms with van der Waals surface area (Å²) in [5, 5.41) is 0.0671. The smallest absolute Gasteiger partial charge is 0.262 e. The van der Waals surface area contributed by atoms with Crippen molar-refractivity contribution in [1.82, 2.24) is 4.90 Å². The van der Waals surface area contributed by atoms with Gasteiger partial charge in [-0.05, 0) is 17.5 Å². The second-order valence-corrected chi connectivity index (χ2v) is 8.71. The Morgan fingerprint density at radius 2 is 1.85 bits per heavy atom. The van der Waals surface area contributed by atoms with Crippen LogP contribution < -0.4 is 0 Å². The first-order valence-electron chi connectivity index (χ1n) is 5.92. The van der Waals surface area contributed by atoms with Crippen LogP contribution in [0.3, 0.4) is 0 Å². The molecule has 0 spiro atoms. The summed E-state index contributed by atoms with van der Waals surface area (Å²) in [7, 11) is 2.92. The molecule has 0 radical (unpaired) electrons. The molecule has 1 aromatic rings. The fourth-order valence-corrected chi connectivity index (χ4v) is 3.27. The first-order valence-corrected chi connectivity index (χ1v) is 8.61. The van der Waals surface area contributed by atoms with Gasteiger partial charge in [0.25, 0.3) is 15.0 Å². The Morgan fingerprint density at radius 3 is 2.30 bits per heavy atom. The molecule has 0 heterocycles. The van der Waals surface area contributed by atoms with E-state index in [1.54, 1.807) is 7.05 Å². The maximum absolute atomic E-state index is 12.4. The molecule has 0 aliphatic heterocycles. The van der Waals surface area contributed by atoms with Crippen LogP contribution in [0, 0.1) is 5.41 Å². The van der Waals surface area contributed by atoms with Crippen LogP contribution in [0.25, 0.3) is 0 Å². The summed E-state index contributed by atoms with van der Waals surface area (Å²) in [5.74, 6) is -0.468. The van der Waals surface area contributed by atoms with E-state index >= 15 is 0 Å². The number of benzene rings is 1. The molecule has 0 aromatic heterocycles. The summed E-state index contributed by atoms with van der Waals surface area (Å²) in [6.45, 7) is 6.38. The number of amides is 1. The van der Waals surface area contributed by atoms with E-state index in [1.165, 1.54) is 23.1 Å². The van der Waals surface area contributed by atoms with Crippen LogP contribution in [0.2, 0.25) is 5.02 Å². The van der Waals surface area contributed by atoms with Crippen molar-refractivity contribution in [3.63, 3.8) is 0 Å². The summed E-state index contributed by atoms with van der Waals surface area (Å²) >= 11 is 5.98. The SMILES string of the molecule is CN(CC(C)(C)C)C(=O)c1c(Cl)cccc1S(=O)(=O)Cl. The van der Waals surface area contributed by atoms with Crippen LogP contribution in [-0.4, -0.2) is 32.8 Å². The van der Waals surface area contributed by atoms with E-state index in [0.717, 1.165) is 0 Å². The standard InChI is InChI=1S/C13H17Cl2NO3S/c1-13(2,3)8-16(4)12(17)11-9(14)6-5-7-10(11)20(15,18)19/h5-7H,8H2,1-4H3. The molecule has 0 N–H and O–H groups in total. The number of carbonyl (C=O) groups excluding carboxylic acids is 1. The number of hydrogen-bond acceptors (Lipinski definition) is 3. The highest BCUT2D eigenvalue weighted by molar-refractivity contribution is 8.13. The molecular formula is C13H17Cl2NO3S. The van der Waals surface area contributed by atoms with Gasteiger partial charge in [-0.25, -0.2) is 8.42 Å². The highest BCUT2D eigenvalue weighted by Crippen LogP contribution is 2.28. The summed E-state index contributed by atoms with van der Waals surface area (Å²) in [6.07, 6.45) is 0. The van der Waals surface area contributed by atoms with Gasteiger partial charge in [0.2, 0.25) is 0 Å². The summed E-state index contributed by atoms with van der Waals surface area (Å²) in [4.78, 5) is 13.6. The first-order chi connectivity index (χ1) is 8.93. The Kier molecular flexibility index (Phi) is 5.11. The number of nitrogens with zero attached hydrogens (tertiary/aromatic N) is 1. The van der Waals surface area contributed by atoms with Gasteiger partial charge in [-0.15, -0.1) is 0 Å². The topological polar surface area (TPSA) is 54.5 Å². The van der Waals surface area contributed by atoms with Crippen LogP contribution in [0.5, 0.6) is 0 Å². The third-order valence-electron chi connectivity index (χ3n) is 2.51. The largest absolute Gasteiger partial charge is 0.341 e. The van der Waals surface area contributed by atoms with Crippen molar-refractivity contribution in [1.29, 1.82) is 0 Å². The molecule has 0 saturated carbocycles. The molecule has 0 fully saturated rings. The Balaban J connectivity index is 3.30. The van der Waals surface area contributed by atoms with Crippen molar-refractivity contribution < 1.29 is 13.2 Å². The zero-order valence-electron chi connectivity index (χ0n) is 11.8. The highest BCUT2D eigenvalue weighted by atomic mass is 35.7. The molecule has 0 bridgehead atoms. The first kappa shape index (κ1) is 17.3. The lowest BCUT2D eigenvalue weighted by Crippen LogP contribution is -2.35. The average molecular weight is 338 g/mol. The second kappa shape index (κ2) is 5.92. The van der Waals surface area contributed by atoms with E-state index in [2.05, 4.69) is 0 Å². The van der Waals surface area contributed by atoms with E-state index in [0.29, 0.717) is 6.54 Å². The molecule has 4 nitrogen and oxygen atoms in total. The Labute approximate surface area is 129 Å². The predicted molar refractivity (Wildman–Crippen MR) is 80.9 cm³/mol. The third kappa shape index (κ3) is 4.36. The van der Waals surface area contributed by atoms with Gasteiger partial charge in [0.05, 0.1) is 15.5 Å². The minimum atomic E-state index is -4.04. The van der Waals surface area contributed by atoms with Gasteiger partial charge in [-0.3, -0.25) is 4.79 Å². The number of rotatable bonds is 3. The quantitative estimate of drug-likeness (QED) is 0.794. The van der Waals surface area contributed by atoms with Crippen molar-refractivity contribution in [2.75, 3.05) is 13.6 Å². The minimum Gasteiger partial charge on any atom is -0.341 e. The van der Waals surface area contributed by atoms with Gasteiger partial charge < -0.3 is 4.90 Å². The van der Waals surface area contributed by atoms with Gasteiger partial charge in [-0.2, -0.15) is 0 Å². The lowest BCUT2D eigenvalue weighted by atomic mass is 9.96. The van der Waals surface area contributed by atoms with E-state index in [1.807, 2.05) is 20.8 Å². The van der Waals surface area contributed by atoms with Crippen molar-refractivity contribution in [3.05, 3.63) is 28.8 Å². The third-order valence-corrected chi connectivity index (χ3v) is 4.19. The van der Waals surface area contributed by atoms with Gasteiger partial charge in [0.15, 0.2) is 0 Å². The molecule has 0 unspecified atom stereocenters. The summed E-state index contributed by atoms with van der Waals surface area (Å²) in [5.41, 5.74) is -0.206. The maximum atomic E-state index is 12.4. The fraction of sp³-hybridized carbons (Fsp3) is 0.462. The minimum absolute atomic E-state index is 0.0671. The van der Waals surface area contributed by atoms with Gasteiger partial charge >= 0.3 is 0 Å². The van der Waals surface area contributed by atoms with Crippen molar-refractivity contribution in [2.45, 2.75) is 25.7 Å². The Morgan fingerprint density at radius 1 is 1.30 bits per heavy atom. The zero-order valence-corrected chi connectivity index (χ0v) is 14.1. The maximum Gasteiger partial charge on any atom is 0.262 e. The molecule has 0 aliphatic rings. The molecule has 20 heavy (non-hydrogen) atoms. The normalized spacial score (nSPS) is 12.3. The van der Waals surface area contributed by atoms with E-state index in [9.17, 15) is 13.2 Å². The average Bonchev–Trinajstić information content (AvgIpc) is 2.24. The van der Waals surface area contributed by atoms with Crippen LogP contribution in [0.4, 0.5) is 0 Å². The number of halogens is 2. The van der Waals surface area contributed by atoms with Crippen LogP contribution >= 0.6 is 22.3 Å². The predicted octanol–water partition coefficient (Wildman–Crippen LogP) is 3.39. The van der Waals surface area contributed by atoms with Gasteiger partial charge in [-0.1, -0.05) is 38.4 Å². The molecule has 0 saturated heterocycles. The molecule has 0 aliphatic carbocycles. The van der Waals surface area contributed by atoms with E-state index < -0.39 is 15.0 Å². The van der Waals surface area contributed by atoms with E-state index in [-0.39, 0.29) is 20.9 Å². The monoisotopic (exact) mass is 337 g/mol. The number of carbonyl (C=O) groups is 1. The second-order valence-electron chi connectivity index (χ2n) is 5.77. The van der Waals surface area contributed by atoms with Crippen molar-refractivity contribution in [3.8, 4) is 0 Å². The highest BCUT2D eigenvalue weighted by Gasteiger charge is 2.27. The molecule has 1 aromatic carbocycles. The Bertz CT molecular complexity index is 621. The lowest BCUT2D eigenvalue weighted by molar-refractivity contribution is 0.0742. The molecule has 112 valence electrons. The number of hydrogen-bond donors (Lipinski definition) is 0. The molecular weight excluding hydrogens is 321 g/mol. The van der Waals surface area contributed by atoms with E-state index in [4.69, 9.17) is 22.3 Å². The molecule has 1 rings (SSSR count). The van der Waals surface area contributed by atoms with Crippen LogP contribution in [0.15, 0.2) is 23.1 Å². The van der Waals surface area contributed by atoms with Gasteiger partial charge in [0.1, 0.15) is 0 Å². The van der Waals surface area contributed by atoms with Crippen molar-refractivity contribution in [2.24, 2.45) is 5.41 Å². The van der Waals surface area contributed by atoms with Crippen LogP contribution in [-0.2, 0) is 9.05 Å². The van der Waals surface area contributed by atoms with Gasteiger partial charge in [0, 0.05) is 24.3 Å². The Hall–Kier alpha value is -0.780. The lowest BCUT2D eigenvalue weighted by Gasteiger charge is -2.27. The molecule has 0 atom stereocenters. The van der Waals surface area contributed by atoms with Crippen molar-refractivity contribution >= 4 is 37.2 Å². The summed E-state index contributed by atoms with van der Waals surface area (Å²) in [6, 6.07) is 4.18. The molecule has 1 amide bonds.